The molecule has 0 amide bonds. The zero-order valence-corrected chi connectivity index (χ0v) is 14.6. The maximum atomic E-state index is 5.14. The Morgan fingerprint density at radius 2 is 1.95 bits per heavy atom. The van der Waals surface area contributed by atoms with Gasteiger partial charge in [0.2, 0.25) is 0 Å². The smallest absolute Gasteiger partial charge is 0.143 e. The lowest BCUT2D eigenvalue weighted by molar-refractivity contribution is 0.200. The van der Waals surface area contributed by atoms with Crippen LogP contribution in [-0.4, -0.2) is 30.2 Å². The molecule has 1 aromatic heterocycles. The predicted molar refractivity (Wildman–Crippen MR) is 94.5 cm³/mol. The van der Waals surface area contributed by atoms with Crippen molar-refractivity contribution in [3.05, 3.63) is 39.7 Å². The summed E-state index contributed by atoms with van der Waals surface area (Å²) in [5.41, 5.74) is 2.10. The first-order chi connectivity index (χ1) is 10.3. The van der Waals surface area contributed by atoms with Crippen molar-refractivity contribution in [3.8, 4) is 11.3 Å². The van der Waals surface area contributed by atoms with Crippen LogP contribution in [0.1, 0.15) is 19.2 Å². The summed E-state index contributed by atoms with van der Waals surface area (Å²) < 4.78 is 6.20. The molecular weight excluding hydrogens is 377 g/mol. The Morgan fingerprint density at radius 1 is 1.19 bits per heavy atom. The lowest BCUT2D eigenvalue weighted by Crippen LogP contribution is -2.10. The summed E-state index contributed by atoms with van der Waals surface area (Å²) in [6, 6.07) is 10.2. The third kappa shape index (κ3) is 4.38. The number of hydrogen-bond donors (Lipinski definition) is 1. The summed E-state index contributed by atoms with van der Waals surface area (Å²) in [5.74, 6) is 1.73. The van der Waals surface area contributed by atoms with Crippen LogP contribution in [0.2, 0.25) is 0 Å². The molecule has 2 rings (SSSR count). The van der Waals surface area contributed by atoms with Gasteiger partial charge in [0.25, 0.3) is 0 Å². The Bertz CT molecular complexity index is 575. The summed E-state index contributed by atoms with van der Waals surface area (Å²) in [6.07, 6.45) is 1.78. The zero-order chi connectivity index (χ0) is 15.1. The van der Waals surface area contributed by atoms with Gasteiger partial charge in [-0.3, -0.25) is 0 Å². The second kappa shape index (κ2) is 8.29. The van der Waals surface area contributed by atoms with Crippen LogP contribution in [0.15, 0.2) is 30.3 Å². The van der Waals surface area contributed by atoms with Crippen molar-refractivity contribution in [3.63, 3.8) is 0 Å². The molecule has 0 aliphatic heterocycles. The van der Waals surface area contributed by atoms with Crippen molar-refractivity contribution in [2.75, 3.05) is 25.6 Å². The SMILES string of the molecule is CCCNc1nc(CCOC)nc(-c2ccccc2)c1I. The highest BCUT2D eigenvalue weighted by Gasteiger charge is 2.13. The fourth-order valence-electron chi connectivity index (χ4n) is 1.95. The molecule has 1 aromatic carbocycles. The molecule has 1 heterocycles. The lowest BCUT2D eigenvalue weighted by Gasteiger charge is -2.13. The molecule has 0 fully saturated rings. The van der Waals surface area contributed by atoms with Crippen molar-refractivity contribution < 1.29 is 4.74 Å². The molecular formula is C16H20IN3O. The molecule has 0 radical (unpaired) electrons. The van der Waals surface area contributed by atoms with Gasteiger partial charge in [-0.25, -0.2) is 9.97 Å². The molecule has 0 atom stereocenters. The Hall–Kier alpha value is -1.21. The average Bonchev–Trinajstić information content (AvgIpc) is 2.53. The molecule has 21 heavy (non-hydrogen) atoms. The molecule has 2 aromatic rings. The van der Waals surface area contributed by atoms with E-state index in [1.165, 1.54) is 0 Å². The van der Waals surface area contributed by atoms with Crippen molar-refractivity contribution in [2.24, 2.45) is 0 Å². The average molecular weight is 397 g/mol. The summed E-state index contributed by atoms with van der Waals surface area (Å²) in [7, 11) is 1.70. The van der Waals surface area contributed by atoms with Crippen LogP contribution in [0, 0.1) is 3.57 Å². The zero-order valence-electron chi connectivity index (χ0n) is 12.4. The molecule has 4 nitrogen and oxygen atoms in total. The largest absolute Gasteiger partial charge is 0.384 e. The Kier molecular flexibility index (Phi) is 6.38. The van der Waals surface area contributed by atoms with Crippen LogP contribution in [0.5, 0.6) is 0 Å². The first kappa shape index (κ1) is 16.2. The van der Waals surface area contributed by atoms with Gasteiger partial charge in [0.1, 0.15) is 11.6 Å². The van der Waals surface area contributed by atoms with E-state index in [0.29, 0.717) is 13.0 Å². The van der Waals surface area contributed by atoms with E-state index in [-0.39, 0.29) is 0 Å². The van der Waals surface area contributed by atoms with E-state index in [9.17, 15) is 0 Å². The Labute approximate surface area is 139 Å². The van der Waals surface area contributed by atoms with Crippen LogP contribution in [0.25, 0.3) is 11.3 Å². The number of methoxy groups -OCH3 is 1. The predicted octanol–water partition coefficient (Wildman–Crippen LogP) is 3.76. The monoisotopic (exact) mass is 397 g/mol. The number of rotatable bonds is 7. The maximum absolute atomic E-state index is 5.14. The highest BCUT2D eigenvalue weighted by molar-refractivity contribution is 14.1. The molecule has 0 unspecified atom stereocenters. The molecule has 0 saturated carbocycles. The quantitative estimate of drug-likeness (QED) is 0.723. The van der Waals surface area contributed by atoms with Crippen LogP contribution in [0.4, 0.5) is 5.82 Å². The molecule has 0 aliphatic rings. The van der Waals surface area contributed by atoms with E-state index in [2.05, 4.69) is 51.9 Å². The standard InChI is InChI=1S/C16H20IN3O/c1-3-10-18-16-14(17)15(12-7-5-4-6-8-12)19-13(20-16)9-11-21-2/h4-8H,3,9-11H2,1-2H3,(H,18,19,20). The van der Waals surface area contributed by atoms with Gasteiger partial charge in [0.05, 0.1) is 15.9 Å². The number of ether oxygens (including phenoxy) is 1. The first-order valence-electron chi connectivity index (χ1n) is 7.11. The molecule has 1 N–H and O–H groups in total. The molecule has 0 aliphatic carbocycles. The van der Waals surface area contributed by atoms with Gasteiger partial charge < -0.3 is 10.1 Å². The number of benzene rings is 1. The highest BCUT2D eigenvalue weighted by Crippen LogP contribution is 2.28. The number of hydrogen-bond acceptors (Lipinski definition) is 4. The number of nitrogens with zero attached hydrogens (tertiary/aromatic N) is 2. The number of aromatic nitrogens is 2. The maximum Gasteiger partial charge on any atom is 0.143 e. The highest BCUT2D eigenvalue weighted by atomic mass is 127. The minimum absolute atomic E-state index is 0.627. The molecule has 5 heteroatoms. The minimum atomic E-state index is 0.627. The van der Waals surface area contributed by atoms with Crippen molar-refractivity contribution in [1.82, 2.24) is 9.97 Å². The summed E-state index contributed by atoms with van der Waals surface area (Å²) in [6.45, 7) is 3.68. The van der Waals surface area contributed by atoms with E-state index in [1.807, 2.05) is 18.2 Å². The summed E-state index contributed by atoms with van der Waals surface area (Å²) in [5, 5.41) is 3.39. The van der Waals surface area contributed by atoms with E-state index < -0.39 is 0 Å². The third-order valence-corrected chi connectivity index (χ3v) is 4.04. The fraction of sp³-hybridized carbons (Fsp3) is 0.375. The van der Waals surface area contributed by atoms with Crippen molar-refractivity contribution >= 4 is 28.4 Å². The van der Waals surface area contributed by atoms with Gasteiger partial charge >= 0.3 is 0 Å². The molecule has 0 bridgehead atoms. The molecule has 0 saturated heterocycles. The molecule has 0 spiro atoms. The second-order valence-corrected chi connectivity index (χ2v) is 5.77. The number of nitrogens with one attached hydrogen (secondary N) is 1. The van der Waals surface area contributed by atoms with E-state index in [1.54, 1.807) is 7.11 Å². The minimum Gasteiger partial charge on any atom is -0.384 e. The Morgan fingerprint density at radius 3 is 2.62 bits per heavy atom. The second-order valence-electron chi connectivity index (χ2n) is 4.69. The molecule has 112 valence electrons. The number of halogens is 1. The van der Waals surface area contributed by atoms with E-state index >= 15 is 0 Å². The van der Waals surface area contributed by atoms with Gasteiger partial charge in [-0.2, -0.15) is 0 Å². The summed E-state index contributed by atoms with van der Waals surface area (Å²) >= 11 is 2.32. The summed E-state index contributed by atoms with van der Waals surface area (Å²) in [4.78, 5) is 9.33. The Balaban J connectivity index is 2.41. The van der Waals surface area contributed by atoms with Gasteiger partial charge in [-0.05, 0) is 29.0 Å². The van der Waals surface area contributed by atoms with Gasteiger partial charge in [0.15, 0.2) is 0 Å². The topological polar surface area (TPSA) is 47.0 Å². The van der Waals surface area contributed by atoms with Crippen LogP contribution in [-0.2, 0) is 11.2 Å². The van der Waals surface area contributed by atoms with Crippen molar-refractivity contribution in [2.45, 2.75) is 19.8 Å². The first-order valence-corrected chi connectivity index (χ1v) is 8.18. The van der Waals surface area contributed by atoms with E-state index in [4.69, 9.17) is 9.72 Å². The normalized spacial score (nSPS) is 10.6. The van der Waals surface area contributed by atoms with Crippen molar-refractivity contribution in [1.29, 1.82) is 0 Å². The van der Waals surface area contributed by atoms with Crippen LogP contribution >= 0.6 is 22.6 Å². The van der Waals surface area contributed by atoms with Crippen LogP contribution in [0.3, 0.4) is 0 Å². The van der Waals surface area contributed by atoms with Gasteiger partial charge in [0, 0.05) is 25.6 Å². The number of anilines is 1. The van der Waals surface area contributed by atoms with E-state index in [0.717, 1.165) is 39.4 Å². The fourth-order valence-corrected chi connectivity index (χ4v) is 2.69. The van der Waals surface area contributed by atoms with Gasteiger partial charge in [-0.1, -0.05) is 37.3 Å². The van der Waals surface area contributed by atoms with Crippen LogP contribution < -0.4 is 5.32 Å². The van der Waals surface area contributed by atoms with Gasteiger partial charge in [-0.15, -0.1) is 0 Å². The lowest BCUT2D eigenvalue weighted by atomic mass is 10.1. The third-order valence-electron chi connectivity index (χ3n) is 3.02.